The Bertz CT molecular complexity index is 917. The molecule has 0 aliphatic heterocycles. The average molecular weight is 326 g/mol. The molecule has 0 unspecified atom stereocenters. The van der Waals surface area contributed by atoms with Gasteiger partial charge in [-0.2, -0.15) is 0 Å². The lowest BCUT2D eigenvalue weighted by Gasteiger charge is -2.06. The molecule has 0 bridgehead atoms. The number of carbonyl (C=O) groups is 2. The van der Waals surface area contributed by atoms with Gasteiger partial charge in [0.05, 0.1) is 11.2 Å². The van der Waals surface area contributed by atoms with Crippen molar-refractivity contribution in [3.63, 3.8) is 0 Å². The number of aliphatic carboxylic acids is 1. The number of nitrogens with zero attached hydrogens (tertiary/aromatic N) is 2. The molecule has 0 saturated carbocycles. The molecule has 8 heteroatoms. The first-order valence-corrected chi connectivity index (χ1v) is 7.12. The van der Waals surface area contributed by atoms with Gasteiger partial charge in [-0.3, -0.25) is 4.79 Å². The first kappa shape index (κ1) is 15.6. The second kappa shape index (κ2) is 6.09. The van der Waals surface area contributed by atoms with Crippen LogP contribution in [0.5, 0.6) is 0 Å². The minimum Gasteiger partial charge on any atom is -0.480 e. The smallest absolute Gasteiger partial charge is 0.356 e. The Balaban J connectivity index is 2.02. The SMILES string of the molecule is N[C@@H](Cc1c[nH]c2c(-c3ccc(C(=O)O)nn3)cccc12)C(=O)O. The fraction of sp³-hybridized carbons (Fsp3) is 0.125. The van der Waals surface area contributed by atoms with Crippen LogP contribution in [-0.4, -0.2) is 43.4 Å². The summed E-state index contributed by atoms with van der Waals surface area (Å²) in [4.78, 5) is 24.9. The summed E-state index contributed by atoms with van der Waals surface area (Å²) < 4.78 is 0. The molecule has 24 heavy (non-hydrogen) atoms. The van der Waals surface area contributed by atoms with Gasteiger partial charge >= 0.3 is 11.9 Å². The standard InChI is InChI=1S/C16H14N4O4/c17-11(15(21)22)6-8-7-18-14-9(8)2-1-3-10(14)12-4-5-13(16(23)24)20-19-12/h1-5,7,11,18H,6,17H2,(H,21,22)(H,23,24)/t11-/m0/s1. The monoisotopic (exact) mass is 326 g/mol. The van der Waals surface area contributed by atoms with Crippen LogP contribution in [0.15, 0.2) is 36.5 Å². The van der Waals surface area contributed by atoms with Gasteiger partial charge in [0.1, 0.15) is 6.04 Å². The van der Waals surface area contributed by atoms with Gasteiger partial charge in [-0.05, 0) is 17.7 Å². The number of hydrogen-bond acceptors (Lipinski definition) is 5. The van der Waals surface area contributed by atoms with E-state index in [1.165, 1.54) is 6.07 Å². The number of nitrogens with two attached hydrogens (primary N) is 1. The number of hydrogen-bond donors (Lipinski definition) is 4. The largest absolute Gasteiger partial charge is 0.480 e. The molecule has 0 aliphatic carbocycles. The Morgan fingerprint density at radius 3 is 2.58 bits per heavy atom. The van der Waals surface area contributed by atoms with E-state index < -0.39 is 18.0 Å². The van der Waals surface area contributed by atoms with Crippen LogP contribution in [-0.2, 0) is 11.2 Å². The van der Waals surface area contributed by atoms with E-state index in [9.17, 15) is 9.59 Å². The zero-order valence-electron chi connectivity index (χ0n) is 12.4. The zero-order valence-corrected chi connectivity index (χ0v) is 12.4. The summed E-state index contributed by atoms with van der Waals surface area (Å²) in [6.45, 7) is 0. The predicted octanol–water partition coefficient (Wildman–Crippen LogP) is 1.28. The van der Waals surface area contributed by atoms with Crippen molar-refractivity contribution < 1.29 is 19.8 Å². The number of H-pyrrole nitrogens is 1. The number of para-hydroxylation sites is 1. The molecular weight excluding hydrogens is 312 g/mol. The molecule has 0 radical (unpaired) electrons. The van der Waals surface area contributed by atoms with E-state index in [4.69, 9.17) is 15.9 Å². The fourth-order valence-corrected chi connectivity index (χ4v) is 2.51. The lowest BCUT2D eigenvalue weighted by molar-refractivity contribution is -0.138. The molecule has 1 aromatic carbocycles. The minimum absolute atomic E-state index is 0.134. The maximum absolute atomic E-state index is 10.9. The number of aromatic carboxylic acids is 1. The highest BCUT2D eigenvalue weighted by Crippen LogP contribution is 2.28. The summed E-state index contributed by atoms with van der Waals surface area (Å²) in [6.07, 6.45) is 1.92. The lowest BCUT2D eigenvalue weighted by atomic mass is 10.0. The lowest BCUT2D eigenvalue weighted by Crippen LogP contribution is -2.32. The van der Waals surface area contributed by atoms with Gasteiger partial charge in [0.15, 0.2) is 5.69 Å². The van der Waals surface area contributed by atoms with Crippen LogP contribution in [0.2, 0.25) is 0 Å². The number of fused-ring (bicyclic) bond motifs is 1. The van der Waals surface area contributed by atoms with Crippen molar-refractivity contribution in [1.82, 2.24) is 15.2 Å². The number of aromatic nitrogens is 3. The van der Waals surface area contributed by atoms with Crippen molar-refractivity contribution in [3.8, 4) is 11.3 Å². The molecule has 0 fully saturated rings. The molecule has 0 amide bonds. The van der Waals surface area contributed by atoms with Crippen molar-refractivity contribution in [3.05, 3.63) is 47.8 Å². The maximum Gasteiger partial charge on any atom is 0.356 e. The maximum atomic E-state index is 10.9. The van der Waals surface area contributed by atoms with Gasteiger partial charge in [0.25, 0.3) is 0 Å². The second-order valence-corrected chi connectivity index (χ2v) is 5.30. The molecule has 3 aromatic rings. The van der Waals surface area contributed by atoms with E-state index in [2.05, 4.69) is 15.2 Å². The third kappa shape index (κ3) is 2.82. The summed E-state index contributed by atoms with van der Waals surface area (Å²) in [5, 5.41) is 26.3. The first-order valence-electron chi connectivity index (χ1n) is 7.12. The van der Waals surface area contributed by atoms with Crippen molar-refractivity contribution in [2.45, 2.75) is 12.5 Å². The van der Waals surface area contributed by atoms with E-state index in [0.29, 0.717) is 5.69 Å². The molecule has 2 aromatic heterocycles. The zero-order chi connectivity index (χ0) is 17.3. The highest BCUT2D eigenvalue weighted by molar-refractivity contribution is 5.95. The van der Waals surface area contributed by atoms with Crippen LogP contribution >= 0.6 is 0 Å². The fourth-order valence-electron chi connectivity index (χ4n) is 2.51. The second-order valence-electron chi connectivity index (χ2n) is 5.30. The topological polar surface area (TPSA) is 142 Å². The number of rotatable bonds is 5. The van der Waals surface area contributed by atoms with Crippen molar-refractivity contribution in [2.24, 2.45) is 5.73 Å². The molecule has 8 nitrogen and oxygen atoms in total. The number of benzene rings is 1. The Hall–Kier alpha value is -3.26. The molecule has 1 atom stereocenters. The summed E-state index contributed by atoms with van der Waals surface area (Å²) in [5.74, 6) is -2.20. The molecule has 0 aliphatic rings. The third-order valence-electron chi connectivity index (χ3n) is 3.72. The number of carboxylic acids is 2. The van der Waals surface area contributed by atoms with Crippen LogP contribution in [0.25, 0.3) is 22.2 Å². The van der Waals surface area contributed by atoms with Gasteiger partial charge in [-0.1, -0.05) is 18.2 Å². The molecule has 0 saturated heterocycles. The Morgan fingerprint density at radius 2 is 1.96 bits per heavy atom. The number of nitrogens with one attached hydrogen (secondary N) is 1. The summed E-state index contributed by atoms with van der Waals surface area (Å²) in [6, 6.07) is 7.47. The Labute approximate surface area is 135 Å². The average Bonchev–Trinajstić information content (AvgIpc) is 2.98. The number of aromatic amines is 1. The van der Waals surface area contributed by atoms with Crippen LogP contribution < -0.4 is 5.73 Å². The normalized spacial score (nSPS) is 12.2. The van der Waals surface area contributed by atoms with E-state index in [-0.39, 0.29) is 12.1 Å². The van der Waals surface area contributed by atoms with Gasteiger partial charge in [-0.25, -0.2) is 4.79 Å². The van der Waals surface area contributed by atoms with Crippen molar-refractivity contribution >= 4 is 22.8 Å². The highest BCUT2D eigenvalue weighted by Gasteiger charge is 2.16. The van der Waals surface area contributed by atoms with Gasteiger partial charge in [0.2, 0.25) is 0 Å². The van der Waals surface area contributed by atoms with Gasteiger partial charge in [0, 0.05) is 23.6 Å². The van der Waals surface area contributed by atoms with Crippen LogP contribution in [0.3, 0.4) is 0 Å². The molecule has 5 N–H and O–H groups in total. The minimum atomic E-state index is -1.14. The van der Waals surface area contributed by atoms with Crippen molar-refractivity contribution in [2.75, 3.05) is 0 Å². The molecular formula is C16H14N4O4. The molecule has 3 rings (SSSR count). The summed E-state index contributed by atoms with van der Waals surface area (Å²) >= 11 is 0. The quantitative estimate of drug-likeness (QED) is 0.553. The molecule has 122 valence electrons. The molecule has 0 spiro atoms. The summed E-state index contributed by atoms with van der Waals surface area (Å²) in [5.41, 5.74) is 8.28. The summed E-state index contributed by atoms with van der Waals surface area (Å²) in [7, 11) is 0. The van der Waals surface area contributed by atoms with Crippen molar-refractivity contribution in [1.29, 1.82) is 0 Å². The van der Waals surface area contributed by atoms with Gasteiger partial charge in [-0.15, -0.1) is 10.2 Å². The van der Waals surface area contributed by atoms with Crippen LogP contribution in [0.4, 0.5) is 0 Å². The Kier molecular flexibility index (Phi) is 3.97. The van der Waals surface area contributed by atoms with E-state index in [1.54, 1.807) is 12.3 Å². The Morgan fingerprint density at radius 1 is 1.17 bits per heavy atom. The predicted molar refractivity (Wildman–Crippen MR) is 85.6 cm³/mol. The molecule has 2 heterocycles. The highest BCUT2D eigenvalue weighted by atomic mass is 16.4. The van der Waals surface area contributed by atoms with Gasteiger partial charge < -0.3 is 20.9 Å². The van der Waals surface area contributed by atoms with Crippen LogP contribution in [0, 0.1) is 0 Å². The third-order valence-corrected chi connectivity index (χ3v) is 3.72. The number of carboxylic acid groups (broad SMARTS) is 2. The van der Waals surface area contributed by atoms with E-state index >= 15 is 0 Å². The van der Waals surface area contributed by atoms with E-state index in [0.717, 1.165) is 22.0 Å². The van der Waals surface area contributed by atoms with Crippen LogP contribution in [0.1, 0.15) is 16.1 Å². The van der Waals surface area contributed by atoms with E-state index in [1.807, 2.05) is 18.2 Å². The first-order chi connectivity index (χ1) is 11.5.